The van der Waals surface area contributed by atoms with Crippen molar-refractivity contribution in [2.45, 2.75) is 45.1 Å². The molecule has 0 aromatic heterocycles. The number of benzene rings is 1. The first-order valence-electron chi connectivity index (χ1n) is 6.02. The van der Waals surface area contributed by atoms with Crippen LogP contribution in [0.3, 0.4) is 0 Å². The molecule has 0 bridgehead atoms. The number of hydrogen-bond acceptors (Lipinski definition) is 4. The summed E-state index contributed by atoms with van der Waals surface area (Å²) in [4.78, 5) is 4.86. The van der Waals surface area contributed by atoms with Gasteiger partial charge in [0.15, 0.2) is 0 Å². The summed E-state index contributed by atoms with van der Waals surface area (Å²) in [7, 11) is -3.60. The zero-order chi connectivity index (χ0) is 14.8. The molecular formula is C13H22N2O3S. The van der Waals surface area contributed by atoms with Crippen LogP contribution in [0.4, 0.5) is 0 Å². The molecule has 1 aromatic carbocycles. The lowest BCUT2D eigenvalue weighted by Crippen LogP contribution is -2.47. The summed E-state index contributed by atoms with van der Waals surface area (Å²) < 4.78 is 27.6. The number of sulfonamides is 1. The number of hydrogen-bond donors (Lipinski definition) is 2. The summed E-state index contributed by atoms with van der Waals surface area (Å²) in [6, 6.07) is 3.71. The van der Waals surface area contributed by atoms with Gasteiger partial charge < -0.3 is 4.84 Å². The number of rotatable bonds is 5. The Labute approximate surface area is 115 Å². The predicted molar refractivity (Wildman–Crippen MR) is 75.2 cm³/mol. The summed E-state index contributed by atoms with van der Waals surface area (Å²) in [5, 5.41) is 0. The van der Waals surface area contributed by atoms with Crippen LogP contribution >= 0.6 is 0 Å². The molecule has 0 heterocycles. The minimum Gasteiger partial charge on any atom is -0.303 e. The van der Waals surface area contributed by atoms with Crippen molar-refractivity contribution in [3.63, 3.8) is 0 Å². The highest BCUT2D eigenvalue weighted by atomic mass is 32.2. The van der Waals surface area contributed by atoms with E-state index >= 15 is 0 Å². The van der Waals surface area contributed by atoms with Gasteiger partial charge in [-0.3, -0.25) is 0 Å². The molecular weight excluding hydrogens is 264 g/mol. The minimum absolute atomic E-state index is 0.0934. The molecule has 0 aliphatic carbocycles. The van der Waals surface area contributed by atoms with E-state index in [4.69, 9.17) is 5.90 Å². The van der Waals surface area contributed by atoms with Crippen molar-refractivity contribution >= 4 is 10.0 Å². The van der Waals surface area contributed by atoms with Crippen molar-refractivity contribution < 1.29 is 13.3 Å². The molecule has 3 N–H and O–H groups in total. The van der Waals surface area contributed by atoms with Gasteiger partial charge in [-0.15, -0.1) is 0 Å². The van der Waals surface area contributed by atoms with E-state index in [-0.39, 0.29) is 6.61 Å². The van der Waals surface area contributed by atoms with Crippen molar-refractivity contribution in [3.8, 4) is 0 Å². The summed E-state index contributed by atoms with van der Waals surface area (Å²) >= 11 is 0. The molecule has 19 heavy (non-hydrogen) atoms. The Morgan fingerprint density at radius 1 is 1.21 bits per heavy atom. The molecule has 0 aliphatic heterocycles. The second-order valence-corrected chi connectivity index (χ2v) is 7.15. The molecule has 0 fully saturated rings. The SMILES string of the molecule is Cc1cc(C)c(S(=O)(=O)NC(C)(C)CON)c(C)c1. The fourth-order valence-electron chi connectivity index (χ4n) is 2.24. The van der Waals surface area contributed by atoms with Gasteiger partial charge in [-0.05, 0) is 45.7 Å². The standard InChI is InChI=1S/C13H22N2O3S/c1-9-6-10(2)12(11(3)7-9)19(16,17)15-13(4,5)8-18-14/h6-7,15H,8,14H2,1-5H3. The summed E-state index contributed by atoms with van der Waals surface area (Å²) in [5.74, 6) is 5.02. The van der Waals surface area contributed by atoms with E-state index in [1.807, 2.05) is 19.1 Å². The van der Waals surface area contributed by atoms with Gasteiger partial charge in [0.05, 0.1) is 17.0 Å². The second kappa shape index (κ2) is 5.58. The van der Waals surface area contributed by atoms with Crippen molar-refractivity contribution in [1.29, 1.82) is 0 Å². The Bertz CT molecular complexity index is 542. The van der Waals surface area contributed by atoms with Crippen molar-refractivity contribution in [2.75, 3.05) is 6.61 Å². The topological polar surface area (TPSA) is 81.4 Å². The predicted octanol–water partition coefficient (Wildman–Crippen LogP) is 1.56. The molecule has 0 aliphatic rings. The van der Waals surface area contributed by atoms with Crippen LogP contribution in [0.1, 0.15) is 30.5 Å². The molecule has 1 rings (SSSR count). The van der Waals surface area contributed by atoms with Crippen molar-refractivity contribution in [3.05, 3.63) is 28.8 Å². The maximum Gasteiger partial charge on any atom is 0.241 e. The van der Waals surface area contributed by atoms with Gasteiger partial charge in [0.2, 0.25) is 10.0 Å². The second-order valence-electron chi connectivity index (χ2n) is 5.53. The van der Waals surface area contributed by atoms with Gasteiger partial charge in [-0.1, -0.05) is 17.7 Å². The number of nitrogens with two attached hydrogens (primary N) is 1. The molecule has 1 aromatic rings. The first kappa shape index (κ1) is 16.1. The fraction of sp³-hybridized carbons (Fsp3) is 0.538. The van der Waals surface area contributed by atoms with E-state index < -0.39 is 15.6 Å². The van der Waals surface area contributed by atoms with Gasteiger partial charge in [-0.2, -0.15) is 0 Å². The fourth-order valence-corrected chi connectivity index (χ4v) is 4.10. The zero-order valence-electron chi connectivity index (χ0n) is 12.1. The maximum absolute atomic E-state index is 12.5. The van der Waals surface area contributed by atoms with Crippen LogP contribution in [0.15, 0.2) is 17.0 Å². The van der Waals surface area contributed by atoms with Crippen LogP contribution in [0, 0.1) is 20.8 Å². The van der Waals surface area contributed by atoms with Gasteiger partial charge in [-0.25, -0.2) is 19.0 Å². The summed E-state index contributed by atoms with van der Waals surface area (Å²) in [5.41, 5.74) is 1.74. The number of aryl methyl sites for hydroxylation is 3. The summed E-state index contributed by atoms with van der Waals surface area (Å²) in [6.45, 7) is 9.06. The first-order valence-corrected chi connectivity index (χ1v) is 7.51. The maximum atomic E-state index is 12.5. The smallest absolute Gasteiger partial charge is 0.241 e. The third-order valence-corrected chi connectivity index (χ3v) is 4.73. The molecule has 0 saturated heterocycles. The third-order valence-electron chi connectivity index (χ3n) is 2.73. The highest BCUT2D eigenvalue weighted by Gasteiger charge is 2.28. The van der Waals surface area contributed by atoms with E-state index in [1.54, 1.807) is 27.7 Å². The Kier molecular flexibility index (Phi) is 4.73. The lowest BCUT2D eigenvalue weighted by molar-refractivity contribution is 0.0929. The average molecular weight is 286 g/mol. The van der Waals surface area contributed by atoms with Crippen LogP contribution in [0.25, 0.3) is 0 Å². The molecule has 0 saturated carbocycles. The highest BCUT2D eigenvalue weighted by Crippen LogP contribution is 2.23. The van der Waals surface area contributed by atoms with E-state index in [0.717, 1.165) is 16.7 Å². The minimum atomic E-state index is -3.60. The third kappa shape index (κ3) is 4.01. The first-order chi connectivity index (χ1) is 8.59. The quantitative estimate of drug-likeness (QED) is 0.805. The Morgan fingerprint density at radius 2 is 1.68 bits per heavy atom. The van der Waals surface area contributed by atoms with Gasteiger partial charge >= 0.3 is 0 Å². The Morgan fingerprint density at radius 3 is 2.11 bits per heavy atom. The van der Waals surface area contributed by atoms with Crippen LogP contribution < -0.4 is 10.6 Å². The Hall–Kier alpha value is -0.950. The van der Waals surface area contributed by atoms with Gasteiger partial charge in [0.25, 0.3) is 0 Å². The molecule has 6 heteroatoms. The molecule has 0 unspecified atom stereocenters. The van der Waals surface area contributed by atoms with Gasteiger partial charge in [0, 0.05) is 0 Å². The van der Waals surface area contributed by atoms with Crippen LogP contribution in [-0.4, -0.2) is 20.6 Å². The Balaban J connectivity index is 3.22. The number of nitrogens with one attached hydrogen (secondary N) is 1. The lowest BCUT2D eigenvalue weighted by Gasteiger charge is -2.25. The van der Waals surface area contributed by atoms with E-state index in [1.165, 1.54) is 0 Å². The molecule has 0 radical (unpaired) electrons. The monoisotopic (exact) mass is 286 g/mol. The molecule has 5 nitrogen and oxygen atoms in total. The zero-order valence-corrected chi connectivity index (χ0v) is 12.9. The van der Waals surface area contributed by atoms with Gasteiger partial charge in [0.1, 0.15) is 0 Å². The van der Waals surface area contributed by atoms with Crippen LogP contribution in [0.2, 0.25) is 0 Å². The van der Waals surface area contributed by atoms with Crippen molar-refractivity contribution in [1.82, 2.24) is 4.72 Å². The average Bonchev–Trinajstić information content (AvgIpc) is 2.11. The summed E-state index contributed by atoms with van der Waals surface area (Å²) in [6.07, 6.45) is 0. The van der Waals surface area contributed by atoms with Crippen LogP contribution in [-0.2, 0) is 14.9 Å². The van der Waals surface area contributed by atoms with E-state index in [9.17, 15) is 8.42 Å². The van der Waals surface area contributed by atoms with E-state index in [2.05, 4.69) is 9.56 Å². The van der Waals surface area contributed by atoms with E-state index in [0.29, 0.717) is 4.90 Å². The molecule has 0 amide bonds. The van der Waals surface area contributed by atoms with Crippen molar-refractivity contribution in [2.24, 2.45) is 5.90 Å². The highest BCUT2D eigenvalue weighted by molar-refractivity contribution is 7.89. The molecule has 108 valence electrons. The molecule has 0 spiro atoms. The van der Waals surface area contributed by atoms with Crippen LogP contribution in [0.5, 0.6) is 0 Å². The lowest BCUT2D eigenvalue weighted by atomic mass is 10.1. The molecule has 0 atom stereocenters. The normalized spacial score (nSPS) is 12.7. The largest absolute Gasteiger partial charge is 0.303 e.